The van der Waals surface area contributed by atoms with Crippen LogP contribution in [0.3, 0.4) is 0 Å². The Kier molecular flexibility index (Phi) is 4.72. The van der Waals surface area contributed by atoms with Crippen molar-refractivity contribution in [3.05, 3.63) is 128 Å². The SMILES string of the molecule is c1cc(-c2ncccc2-n2cccn2)cc(-n2c3ccccc3c3ccc(-c4nc5ccccc5o4)cc32)c1. The third-order valence-corrected chi connectivity index (χ3v) is 7.13. The summed E-state index contributed by atoms with van der Waals surface area (Å²) in [6.07, 6.45) is 5.53. The second kappa shape index (κ2) is 8.53. The Morgan fingerprint density at radius 1 is 0.641 bits per heavy atom. The highest BCUT2D eigenvalue weighted by Crippen LogP contribution is 2.36. The smallest absolute Gasteiger partial charge is 0.227 e. The van der Waals surface area contributed by atoms with Crippen LogP contribution >= 0.6 is 0 Å². The van der Waals surface area contributed by atoms with E-state index in [4.69, 9.17) is 14.4 Å². The van der Waals surface area contributed by atoms with E-state index in [0.717, 1.165) is 50.3 Å². The molecule has 4 aromatic heterocycles. The Labute approximate surface area is 223 Å². The highest BCUT2D eigenvalue weighted by atomic mass is 16.3. The largest absolute Gasteiger partial charge is 0.436 e. The Balaban J connectivity index is 1.35. The van der Waals surface area contributed by atoms with Gasteiger partial charge in [-0.2, -0.15) is 5.10 Å². The average Bonchev–Trinajstić information content (AvgIpc) is 3.75. The van der Waals surface area contributed by atoms with E-state index in [1.165, 1.54) is 10.8 Å². The fraction of sp³-hybridized carbons (Fsp3) is 0. The number of pyridine rings is 1. The van der Waals surface area contributed by atoms with Crippen molar-refractivity contribution in [1.29, 1.82) is 0 Å². The van der Waals surface area contributed by atoms with Gasteiger partial charge >= 0.3 is 0 Å². The Hall–Kier alpha value is -5.49. The second-order valence-electron chi connectivity index (χ2n) is 9.44. The minimum atomic E-state index is 0.612. The van der Waals surface area contributed by atoms with Crippen LogP contribution in [0.4, 0.5) is 0 Å². The molecule has 0 saturated heterocycles. The standard InChI is InChI=1S/C33H21N5O/c1-3-12-28-25(10-1)26-16-15-23(33-36-27-11-2-4-14-31(27)39-33)21-30(26)38(28)24-9-5-8-22(20-24)32-29(13-6-17-34-32)37-19-7-18-35-37/h1-21H. The minimum Gasteiger partial charge on any atom is -0.436 e. The molecule has 0 fully saturated rings. The van der Waals surface area contributed by atoms with Gasteiger partial charge in [-0.25, -0.2) is 9.67 Å². The van der Waals surface area contributed by atoms with Gasteiger partial charge in [-0.05, 0) is 60.7 Å². The summed E-state index contributed by atoms with van der Waals surface area (Å²) in [6.45, 7) is 0. The number of fused-ring (bicyclic) bond motifs is 4. The first-order valence-corrected chi connectivity index (χ1v) is 12.8. The molecule has 6 nitrogen and oxygen atoms in total. The van der Waals surface area contributed by atoms with Crippen LogP contribution < -0.4 is 0 Å². The molecule has 0 spiro atoms. The molecule has 0 aliphatic rings. The molecule has 8 rings (SSSR count). The van der Waals surface area contributed by atoms with E-state index in [9.17, 15) is 0 Å². The number of rotatable bonds is 4. The summed E-state index contributed by atoms with van der Waals surface area (Å²) in [6, 6.07) is 37.2. The predicted octanol–water partition coefficient (Wildman–Crippen LogP) is 7.84. The molecule has 0 unspecified atom stereocenters. The molecule has 4 heterocycles. The summed E-state index contributed by atoms with van der Waals surface area (Å²) in [4.78, 5) is 9.48. The fourth-order valence-electron chi connectivity index (χ4n) is 5.39. The lowest BCUT2D eigenvalue weighted by molar-refractivity contribution is 0.620. The Morgan fingerprint density at radius 2 is 1.54 bits per heavy atom. The van der Waals surface area contributed by atoms with Gasteiger partial charge in [-0.3, -0.25) is 4.98 Å². The van der Waals surface area contributed by atoms with E-state index in [1.807, 2.05) is 59.5 Å². The molecule has 0 bridgehead atoms. The van der Waals surface area contributed by atoms with Crippen molar-refractivity contribution >= 4 is 32.9 Å². The zero-order valence-electron chi connectivity index (χ0n) is 20.8. The van der Waals surface area contributed by atoms with Crippen LogP contribution in [0.2, 0.25) is 0 Å². The Morgan fingerprint density at radius 3 is 2.46 bits per heavy atom. The lowest BCUT2D eigenvalue weighted by atomic mass is 10.1. The van der Waals surface area contributed by atoms with Gasteiger partial charge in [-0.15, -0.1) is 0 Å². The summed E-state index contributed by atoms with van der Waals surface area (Å²) in [5, 5.41) is 6.80. The van der Waals surface area contributed by atoms with Crippen molar-refractivity contribution in [2.75, 3.05) is 0 Å². The maximum Gasteiger partial charge on any atom is 0.227 e. The Bertz CT molecular complexity index is 2100. The molecule has 0 radical (unpaired) electrons. The van der Waals surface area contributed by atoms with E-state index in [1.54, 1.807) is 6.20 Å². The van der Waals surface area contributed by atoms with Gasteiger partial charge < -0.3 is 8.98 Å². The molecular formula is C33H21N5O. The first-order chi connectivity index (χ1) is 19.3. The maximum atomic E-state index is 6.11. The van der Waals surface area contributed by atoms with Crippen LogP contribution in [0.15, 0.2) is 132 Å². The second-order valence-corrected chi connectivity index (χ2v) is 9.44. The summed E-state index contributed by atoms with van der Waals surface area (Å²) in [5.74, 6) is 0.612. The quantitative estimate of drug-likeness (QED) is 0.245. The van der Waals surface area contributed by atoms with E-state index >= 15 is 0 Å². The highest BCUT2D eigenvalue weighted by molar-refractivity contribution is 6.10. The minimum absolute atomic E-state index is 0.612. The molecule has 0 N–H and O–H groups in total. The number of nitrogens with zero attached hydrogens (tertiary/aromatic N) is 5. The van der Waals surface area contributed by atoms with Gasteiger partial charge in [0.15, 0.2) is 5.58 Å². The third-order valence-electron chi connectivity index (χ3n) is 7.13. The third kappa shape index (κ3) is 3.46. The molecule has 6 heteroatoms. The van der Waals surface area contributed by atoms with Crippen molar-refractivity contribution in [3.63, 3.8) is 0 Å². The van der Waals surface area contributed by atoms with Crippen LogP contribution in [0.5, 0.6) is 0 Å². The van der Waals surface area contributed by atoms with E-state index in [0.29, 0.717) is 5.89 Å². The molecule has 4 aromatic carbocycles. The summed E-state index contributed by atoms with van der Waals surface area (Å²) >= 11 is 0. The monoisotopic (exact) mass is 503 g/mol. The van der Waals surface area contributed by atoms with Gasteiger partial charge in [0.2, 0.25) is 5.89 Å². The molecule has 184 valence electrons. The summed E-state index contributed by atoms with van der Waals surface area (Å²) < 4.78 is 10.3. The zero-order chi connectivity index (χ0) is 25.8. The van der Waals surface area contributed by atoms with E-state index < -0.39 is 0 Å². The summed E-state index contributed by atoms with van der Waals surface area (Å²) in [7, 11) is 0. The van der Waals surface area contributed by atoms with Crippen LogP contribution in [0.25, 0.3) is 67.0 Å². The molecule has 8 aromatic rings. The summed E-state index contributed by atoms with van der Waals surface area (Å²) in [5.41, 5.74) is 8.65. The number of aromatic nitrogens is 5. The van der Waals surface area contributed by atoms with Crippen molar-refractivity contribution in [3.8, 4) is 34.1 Å². The molecule has 0 amide bonds. The normalized spacial score (nSPS) is 11.6. The van der Waals surface area contributed by atoms with Crippen LogP contribution in [0.1, 0.15) is 0 Å². The van der Waals surface area contributed by atoms with E-state index in [2.05, 4.69) is 76.4 Å². The molecule has 0 saturated carbocycles. The molecule has 39 heavy (non-hydrogen) atoms. The molecular weight excluding hydrogens is 482 g/mol. The average molecular weight is 504 g/mol. The highest BCUT2D eigenvalue weighted by Gasteiger charge is 2.16. The number of oxazole rings is 1. The van der Waals surface area contributed by atoms with Crippen molar-refractivity contribution < 1.29 is 4.42 Å². The van der Waals surface area contributed by atoms with Gasteiger partial charge in [0.25, 0.3) is 0 Å². The number of hydrogen-bond donors (Lipinski definition) is 0. The molecule has 0 aliphatic carbocycles. The van der Waals surface area contributed by atoms with Crippen LogP contribution in [-0.2, 0) is 0 Å². The topological polar surface area (TPSA) is 61.7 Å². The van der Waals surface area contributed by atoms with Crippen molar-refractivity contribution in [2.24, 2.45) is 0 Å². The molecule has 0 atom stereocenters. The first-order valence-electron chi connectivity index (χ1n) is 12.8. The predicted molar refractivity (Wildman–Crippen MR) is 154 cm³/mol. The van der Waals surface area contributed by atoms with Crippen molar-refractivity contribution in [1.82, 2.24) is 24.3 Å². The van der Waals surface area contributed by atoms with E-state index in [-0.39, 0.29) is 0 Å². The van der Waals surface area contributed by atoms with Gasteiger partial charge in [0.1, 0.15) is 5.52 Å². The van der Waals surface area contributed by atoms with Crippen molar-refractivity contribution in [2.45, 2.75) is 0 Å². The number of hydrogen-bond acceptors (Lipinski definition) is 4. The van der Waals surface area contributed by atoms with Crippen LogP contribution in [0, 0.1) is 0 Å². The fourth-order valence-corrected chi connectivity index (χ4v) is 5.39. The first kappa shape index (κ1) is 21.6. The van der Waals surface area contributed by atoms with Gasteiger partial charge in [0.05, 0.1) is 22.4 Å². The number of benzene rings is 4. The lowest BCUT2D eigenvalue weighted by Gasteiger charge is -2.12. The molecule has 0 aliphatic heterocycles. The number of para-hydroxylation sites is 3. The maximum absolute atomic E-state index is 6.11. The van der Waals surface area contributed by atoms with Gasteiger partial charge in [0, 0.05) is 46.2 Å². The van der Waals surface area contributed by atoms with Crippen LogP contribution in [-0.4, -0.2) is 24.3 Å². The zero-order valence-corrected chi connectivity index (χ0v) is 20.8. The lowest BCUT2D eigenvalue weighted by Crippen LogP contribution is -2.00. The van der Waals surface area contributed by atoms with Gasteiger partial charge in [-0.1, -0.05) is 48.5 Å².